The summed E-state index contributed by atoms with van der Waals surface area (Å²) in [6, 6.07) is 10.1. The fourth-order valence-corrected chi connectivity index (χ4v) is 3.56. The van der Waals surface area contributed by atoms with Crippen LogP contribution in [0.4, 0.5) is 0 Å². The molecule has 1 unspecified atom stereocenters. The summed E-state index contributed by atoms with van der Waals surface area (Å²) in [6.07, 6.45) is 2.28. The Kier molecular flexibility index (Phi) is 3.92. The number of hydrogen-bond donors (Lipinski definition) is 0. The first-order valence-corrected chi connectivity index (χ1v) is 7.78. The summed E-state index contributed by atoms with van der Waals surface area (Å²) in [4.78, 5) is 29.4. The molecule has 4 nitrogen and oxygen atoms in total. The van der Waals surface area contributed by atoms with Gasteiger partial charge in [-0.25, -0.2) is 0 Å². The molecule has 2 heterocycles. The van der Waals surface area contributed by atoms with Crippen LogP contribution in [-0.2, 0) is 16.1 Å². The van der Waals surface area contributed by atoms with Gasteiger partial charge >= 0.3 is 0 Å². The highest BCUT2D eigenvalue weighted by Gasteiger charge is 2.31. The highest BCUT2D eigenvalue weighted by atomic mass is 32.2. The van der Waals surface area contributed by atoms with E-state index in [-0.39, 0.29) is 16.3 Å². The number of carbonyl (C=O) groups excluding carboxylic acids is 2. The maximum atomic E-state index is 12.0. The fraction of sp³-hybridized carbons (Fsp3) is 0.312. The topological polar surface area (TPSA) is 50.3 Å². The minimum atomic E-state index is 0.0680. The lowest BCUT2D eigenvalue weighted by atomic mass is 10.1. The van der Waals surface area contributed by atoms with Crippen LogP contribution in [0.25, 0.3) is 10.8 Å². The summed E-state index contributed by atoms with van der Waals surface area (Å²) in [5.74, 6) is 0.101. The van der Waals surface area contributed by atoms with E-state index < -0.39 is 0 Å². The molecule has 1 aromatic carbocycles. The van der Waals surface area contributed by atoms with Crippen molar-refractivity contribution in [2.45, 2.75) is 25.1 Å². The zero-order chi connectivity index (χ0) is 14.8. The first-order valence-electron chi connectivity index (χ1n) is 6.90. The highest BCUT2D eigenvalue weighted by Crippen LogP contribution is 2.25. The zero-order valence-corrected chi connectivity index (χ0v) is 12.6. The number of fused-ring (bicyclic) bond motifs is 1. The van der Waals surface area contributed by atoms with Gasteiger partial charge in [0, 0.05) is 36.7 Å². The number of hydrogen-bond acceptors (Lipinski definition) is 4. The molecule has 0 saturated carbocycles. The molecule has 21 heavy (non-hydrogen) atoms. The van der Waals surface area contributed by atoms with E-state index in [1.807, 2.05) is 36.5 Å². The molecule has 2 aromatic rings. The zero-order valence-electron chi connectivity index (χ0n) is 11.8. The number of aromatic nitrogens is 1. The van der Waals surface area contributed by atoms with Crippen LogP contribution in [0.2, 0.25) is 0 Å². The Labute approximate surface area is 127 Å². The molecule has 0 spiro atoms. The maximum absolute atomic E-state index is 12.0. The van der Waals surface area contributed by atoms with Crippen molar-refractivity contribution < 1.29 is 9.59 Å². The largest absolute Gasteiger partial charge is 0.336 e. The molecule has 1 atom stereocenters. The Bertz CT molecular complexity index is 701. The van der Waals surface area contributed by atoms with E-state index in [1.165, 1.54) is 11.8 Å². The first kappa shape index (κ1) is 14.1. The lowest BCUT2D eigenvalue weighted by molar-refractivity contribution is -0.128. The van der Waals surface area contributed by atoms with Crippen LogP contribution >= 0.6 is 11.8 Å². The Balaban J connectivity index is 1.73. The van der Waals surface area contributed by atoms with Crippen LogP contribution in [0.3, 0.4) is 0 Å². The monoisotopic (exact) mass is 300 g/mol. The molecule has 1 aliphatic rings. The van der Waals surface area contributed by atoms with Gasteiger partial charge in [-0.1, -0.05) is 36.0 Å². The van der Waals surface area contributed by atoms with E-state index in [4.69, 9.17) is 0 Å². The summed E-state index contributed by atoms with van der Waals surface area (Å²) in [5, 5.41) is 2.37. The number of nitrogens with zero attached hydrogens (tertiary/aromatic N) is 2. The smallest absolute Gasteiger partial charge is 0.224 e. The first-order chi connectivity index (χ1) is 10.1. The van der Waals surface area contributed by atoms with Gasteiger partial charge in [0.25, 0.3) is 0 Å². The van der Waals surface area contributed by atoms with Crippen molar-refractivity contribution in [2.75, 3.05) is 6.54 Å². The Hall–Kier alpha value is -1.88. The summed E-state index contributed by atoms with van der Waals surface area (Å²) in [7, 11) is 0. The number of likely N-dealkylation sites (tertiary alicyclic amines) is 1. The molecule has 1 aliphatic heterocycles. The quantitative estimate of drug-likeness (QED) is 0.874. The van der Waals surface area contributed by atoms with E-state index in [2.05, 4.69) is 4.98 Å². The third-order valence-corrected chi connectivity index (χ3v) is 4.53. The normalized spacial score (nSPS) is 18.4. The molecule has 0 aliphatic carbocycles. The van der Waals surface area contributed by atoms with Crippen molar-refractivity contribution >= 4 is 33.6 Å². The molecule has 108 valence electrons. The SMILES string of the molecule is CC(=O)SC1CC(=O)N(Cc2cc3ccccc3cn2)C1. The number of pyridine rings is 1. The van der Waals surface area contributed by atoms with Gasteiger partial charge in [-0.2, -0.15) is 0 Å². The Morgan fingerprint density at radius 2 is 2.14 bits per heavy atom. The molecule has 3 rings (SSSR count). The third-order valence-electron chi connectivity index (χ3n) is 3.55. The van der Waals surface area contributed by atoms with Gasteiger partial charge in [-0.3, -0.25) is 14.6 Å². The second kappa shape index (κ2) is 5.85. The number of thioether (sulfide) groups is 1. The Morgan fingerprint density at radius 3 is 2.90 bits per heavy atom. The molecule has 0 N–H and O–H groups in total. The van der Waals surface area contributed by atoms with Gasteiger partial charge in [-0.15, -0.1) is 0 Å². The fourth-order valence-electron chi connectivity index (χ4n) is 2.61. The van der Waals surface area contributed by atoms with Crippen molar-refractivity contribution in [3.8, 4) is 0 Å². The van der Waals surface area contributed by atoms with E-state index in [0.717, 1.165) is 16.5 Å². The predicted octanol–water partition coefficient (Wildman–Crippen LogP) is 2.62. The molecule has 1 fully saturated rings. The molecule has 1 amide bonds. The maximum Gasteiger partial charge on any atom is 0.224 e. The molecule has 5 heteroatoms. The van der Waals surface area contributed by atoms with Gasteiger partial charge in [0.2, 0.25) is 5.91 Å². The Morgan fingerprint density at radius 1 is 1.38 bits per heavy atom. The number of carbonyl (C=O) groups is 2. The van der Waals surface area contributed by atoms with Crippen molar-refractivity contribution in [3.05, 3.63) is 42.2 Å². The second-order valence-corrected chi connectivity index (χ2v) is 6.71. The number of amides is 1. The molecule has 1 saturated heterocycles. The minimum Gasteiger partial charge on any atom is -0.336 e. The van der Waals surface area contributed by atoms with Gasteiger partial charge in [0.15, 0.2) is 5.12 Å². The highest BCUT2D eigenvalue weighted by molar-refractivity contribution is 8.14. The third kappa shape index (κ3) is 3.24. The van der Waals surface area contributed by atoms with Gasteiger partial charge < -0.3 is 4.90 Å². The van der Waals surface area contributed by atoms with Crippen LogP contribution < -0.4 is 0 Å². The van der Waals surface area contributed by atoms with Crippen LogP contribution in [0.1, 0.15) is 19.0 Å². The van der Waals surface area contributed by atoms with Crippen LogP contribution in [0.15, 0.2) is 36.5 Å². The summed E-state index contributed by atoms with van der Waals surface area (Å²) in [5.41, 5.74) is 0.885. The summed E-state index contributed by atoms with van der Waals surface area (Å²) in [6.45, 7) is 2.68. The van der Waals surface area contributed by atoms with Crippen molar-refractivity contribution in [1.29, 1.82) is 0 Å². The van der Waals surface area contributed by atoms with E-state index in [9.17, 15) is 9.59 Å². The van der Waals surface area contributed by atoms with Crippen LogP contribution in [-0.4, -0.2) is 32.7 Å². The standard InChI is InChI=1S/C16H16N2O2S/c1-11(19)21-15-7-16(20)18(10-15)9-14-6-12-4-2-3-5-13(12)8-17-14/h2-6,8,15H,7,9-10H2,1H3. The van der Waals surface area contributed by atoms with E-state index in [1.54, 1.807) is 11.8 Å². The molecule has 0 radical (unpaired) electrons. The van der Waals surface area contributed by atoms with Gasteiger partial charge in [-0.05, 0) is 11.5 Å². The molecular weight excluding hydrogens is 284 g/mol. The molecule has 0 bridgehead atoms. The average molecular weight is 300 g/mol. The van der Waals surface area contributed by atoms with Crippen LogP contribution in [0.5, 0.6) is 0 Å². The lowest BCUT2D eigenvalue weighted by Crippen LogP contribution is -2.25. The van der Waals surface area contributed by atoms with Gasteiger partial charge in [0.05, 0.1) is 12.2 Å². The second-order valence-electron chi connectivity index (χ2n) is 5.23. The van der Waals surface area contributed by atoms with Crippen molar-refractivity contribution in [2.24, 2.45) is 0 Å². The van der Waals surface area contributed by atoms with E-state index >= 15 is 0 Å². The molecular formula is C16H16N2O2S. The lowest BCUT2D eigenvalue weighted by Gasteiger charge is -2.16. The number of benzene rings is 1. The van der Waals surface area contributed by atoms with Crippen molar-refractivity contribution in [1.82, 2.24) is 9.88 Å². The minimum absolute atomic E-state index is 0.0680. The van der Waals surface area contributed by atoms with Crippen LogP contribution in [0, 0.1) is 0 Å². The number of rotatable bonds is 3. The summed E-state index contributed by atoms with van der Waals surface area (Å²) >= 11 is 1.26. The average Bonchev–Trinajstić information content (AvgIpc) is 2.77. The predicted molar refractivity (Wildman–Crippen MR) is 83.8 cm³/mol. The van der Waals surface area contributed by atoms with Gasteiger partial charge in [0.1, 0.15) is 0 Å². The van der Waals surface area contributed by atoms with E-state index in [0.29, 0.717) is 19.5 Å². The van der Waals surface area contributed by atoms with Crippen molar-refractivity contribution in [3.63, 3.8) is 0 Å². The molecule has 1 aromatic heterocycles. The summed E-state index contributed by atoms with van der Waals surface area (Å²) < 4.78 is 0.